The van der Waals surface area contributed by atoms with Crippen LogP contribution in [-0.2, 0) is 11.3 Å². The molecule has 1 fully saturated rings. The van der Waals surface area contributed by atoms with Gasteiger partial charge in [-0.15, -0.1) is 10.2 Å². The maximum absolute atomic E-state index is 12.8. The highest BCUT2D eigenvalue weighted by Crippen LogP contribution is 2.24. The van der Waals surface area contributed by atoms with Gasteiger partial charge in [0.15, 0.2) is 11.0 Å². The van der Waals surface area contributed by atoms with Gasteiger partial charge in [0.2, 0.25) is 5.91 Å². The van der Waals surface area contributed by atoms with Crippen LogP contribution in [0.25, 0.3) is 16.5 Å². The van der Waals surface area contributed by atoms with Gasteiger partial charge in [0.1, 0.15) is 0 Å². The van der Waals surface area contributed by atoms with Crippen LogP contribution in [0.1, 0.15) is 37.2 Å². The van der Waals surface area contributed by atoms with Gasteiger partial charge in [0.05, 0.1) is 18.3 Å². The fraction of sp³-hybridized carbons (Fsp3) is 0.296. The molecule has 7 heteroatoms. The van der Waals surface area contributed by atoms with Crippen LogP contribution < -0.4 is 5.32 Å². The zero-order valence-electron chi connectivity index (χ0n) is 19.4. The molecule has 6 nitrogen and oxygen atoms in total. The summed E-state index contributed by atoms with van der Waals surface area (Å²) < 4.78 is 2.09. The summed E-state index contributed by atoms with van der Waals surface area (Å²) in [6.45, 7) is 4.99. The van der Waals surface area contributed by atoms with Crippen molar-refractivity contribution in [2.45, 2.75) is 37.5 Å². The molecule has 0 spiro atoms. The van der Waals surface area contributed by atoms with E-state index in [1.807, 2.05) is 37.3 Å². The molecule has 1 saturated heterocycles. The number of hydrogen-bond acceptors (Lipinski definition) is 5. The summed E-state index contributed by atoms with van der Waals surface area (Å²) in [7, 11) is 0. The number of aromatic nitrogens is 3. The van der Waals surface area contributed by atoms with E-state index < -0.39 is 0 Å². The SMILES string of the molecule is C[C@@H](NC(=O)CSc1nnc(CN2CCCC2)n1-c1ccccc1)c1ccc2ccccc2c1. The molecule has 2 heterocycles. The zero-order chi connectivity index (χ0) is 23.3. The lowest BCUT2D eigenvalue weighted by molar-refractivity contribution is -0.119. The third-order valence-electron chi connectivity index (χ3n) is 6.26. The van der Waals surface area contributed by atoms with Crippen molar-refractivity contribution in [1.29, 1.82) is 0 Å². The molecule has 174 valence electrons. The standard InChI is InChI=1S/C27H29N5OS/c1-20(22-14-13-21-9-5-6-10-23(21)17-22)28-26(33)19-34-27-30-29-25(18-31-15-7-8-16-31)32(27)24-11-3-2-4-12-24/h2-6,9-14,17,20H,7-8,15-16,18-19H2,1H3,(H,28,33)/t20-/m1/s1. The van der Waals surface area contributed by atoms with E-state index in [0.717, 1.165) is 41.9 Å². The van der Waals surface area contributed by atoms with Crippen LogP contribution in [0, 0.1) is 0 Å². The van der Waals surface area contributed by atoms with Crippen molar-refractivity contribution in [1.82, 2.24) is 25.0 Å². The van der Waals surface area contributed by atoms with Crippen LogP contribution in [0.2, 0.25) is 0 Å². The van der Waals surface area contributed by atoms with Crippen LogP contribution in [0.3, 0.4) is 0 Å². The van der Waals surface area contributed by atoms with Crippen molar-refractivity contribution in [2.75, 3.05) is 18.8 Å². The number of nitrogens with zero attached hydrogens (tertiary/aromatic N) is 4. The van der Waals surface area contributed by atoms with E-state index in [9.17, 15) is 4.79 Å². The normalized spacial score (nSPS) is 15.0. The number of rotatable bonds is 8. The number of benzene rings is 3. The Morgan fingerprint density at radius 3 is 2.50 bits per heavy atom. The largest absolute Gasteiger partial charge is 0.349 e. The molecule has 0 radical (unpaired) electrons. The summed E-state index contributed by atoms with van der Waals surface area (Å²) >= 11 is 1.43. The summed E-state index contributed by atoms with van der Waals surface area (Å²) in [4.78, 5) is 15.2. The van der Waals surface area contributed by atoms with Gasteiger partial charge < -0.3 is 5.32 Å². The molecule has 1 aromatic heterocycles. The highest BCUT2D eigenvalue weighted by atomic mass is 32.2. The van der Waals surface area contributed by atoms with E-state index in [2.05, 4.69) is 67.4 Å². The molecule has 0 saturated carbocycles. The van der Waals surface area contributed by atoms with Crippen molar-refractivity contribution >= 4 is 28.4 Å². The Balaban J connectivity index is 1.27. The maximum atomic E-state index is 12.8. The highest BCUT2D eigenvalue weighted by Gasteiger charge is 2.20. The predicted molar refractivity (Wildman–Crippen MR) is 137 cm³/mol. The molecule has 0 aliphatic carbocycles. The van der Waals surface area contributed by atoms with Gasteiger partial charge in [-0.2, -0.15) is 0 Å². The number of carbonyl (C=O) groups is 1. The van der Waals surface area contributed by atoms with Crippen molar-refractivity contribution in [3.63, 3.8) is 0 Å². The number of likely N-dealkylation sites (tertiary alicyclic amines) is 1. The average molecular weight is 472 g/mol. The average Bonchev–Trinajstić information content (AvgIpc) is 3.53. The number of hydrogen-bond donors (Lipinski definition) is 1. The second-order valence-electron chi connectivity index (χ2n) is 8.74. The van der Waals surface area contributed by atoms with Crippen LogP contribution in [-0.4, -0.2) is 44.4 Å². The summed E-state index contributed by atoms with van der Waals surface area (Å²) in [5.41, 5.74) is 2.12. The molecule has 4 aromatic rings. The molecular weight excluding hydrogens is 442 g/mol. The summed E-state index contributed by atoms with van der Waals surface area (Å²) in [6, 6.07) is 24.7. The Kier molecular flexibility index (Phi) is 6.92. The minimum Gasteiger partial charge on any atom is -0.349 e. The highest BCUT2D eigenvalue weighted by molar-refractivity contribution is 7.99. The monoisotopic (exact) mass is 471 g/mol. The van der Waals surface area contributed by atoms with Gasteiger partial charge in [-0.25, -0.2) is 0 Å². The van der Waals surface area contributed by atoms with Crippen LogP contribution >= 0.6 is 11.8 Å². The first-order valence-corrected chi connectivity index (χ1v) is 12.8. The van der Waals surface area contributed by atoms with Crippen molar-refractivity contribution in [3.8, 4) is 5.69 Å². The molecule has 0 bridgehead atoms. The summed E-state index contributed by atoms with van der Waals surface area (Å²) in [5, 5.41) is 15.2. The van der Waals surface area contributed by atoms with Crippen LogP contribution in [0.4, 0.5) is 0 Å². The molecule has 1 aliphatic heterocycles. The van der Waals surface area contributed by atoms with Gasteiger partial charge in [0.25, 0.3) is 0 Å². The quantitative estimate of drug-likeness (QED) is 0.367. The molecule has 0 unspecified atom stereocenters. The number of fused-ring (bicyclic) bond motifs is 1. The van der Waals surface area contributed by atoms with Crippen molar-refractivity contribution < 1.29 is 4.79 Å². The molecule has 34 heavy (non-hydrogen) atoms. The Morgan fingerprint density at radius 2 is 1.71 bits per heavy atom. The van der Waals surface area contributed by atoms with Crippen molar-refractivity contribution in [2.24, 2.45) is 0 Å². The Morgan fingerprint density at radius 1 is 0.971 bits per heavy atom. The lowest BCUT2D eigenvalue weighted by atomic mass is 10.0. The third-order valence-corrected chi connectivity index (χ3v) is 7.19. The molecule has 1 aliphatic rings. The first-order valence-electron chi connectivity index (χ1n) is 11.8. The fourth-order valence-electron chi connectivity index (χ4n) is 4.45. The number of nitrogens with one attached hydrogen (secondary N) is 1. The van der Waals surface area contributed by atoms with E-state index in [1.165, 1.54) is 35.4 Å². The Hall–Kier alpha value is -3.16. The number of amides is 1. The zero-order valence-corrected chi connectivity index (χ0v) is 20.2. The van der Waals surface area contributed by atoms with Crippen molar-refractivity contribution in [3.05, 3.63) is 84.2 Å². The number of para-hydroxylation sites is 1. The van der Waals surface area contributed by atoms with E-state index in [1.54, 1.807) is 0 Å². The molecule has 1 atom stereocenters. The summed E-state index contributed by atoms with van der Waals surface area (Å²) in [6.07, 6.45) is 2.47. The number of carbonyl (C=O) groups excluding carboxylic acids is 1. The lowest BCUT2D eigenvalue weighted by Gasteiger charge is -2.16. The topological polar surface area (TPSA) is 63.1 Å². The Bertz CT molecular complexity index is 1270. The van der Waals surface area contributed by atoms with E-state index in [-0.39, 0.29) is 17.7 Å². The molecule has 1 N–H and O–H groups in total. The van der Waals surface area contributed by atoms with Gasteiger partial charge in [-0.3, -0.25) is 14.3 Å². The smallest absolute Gasteiger partial charge is 0.230 e. The van der Waals surface area contributed by atoms with Gasteiger partial charge in [-0.05, 0) is 67.4 Å². The van der Waals surface area contributed by atoms with Crippen LogP contribution in [0.15, 0.2) is 78.0 Å². The first kappa shape index (κ1) is 22.6. The third kappa shape index (κ3) is 5.16. The second kappa shape index (κ2) is 10.4. The molecule has 1 amide bonds. The van der Waals surface area contributed by atoms with E-state index in [0.29, 0.717) is 0 Å². The van der Waals surface area contributed by atoms with Gasteiger partial charge in [-0.1, -0.05) is 66.4 Å². The second-order valence-corrected chi connectivity index (χ2v) is 9.68. The molecule has 3 aromatic carbocycles. The minimum atomic E-state index is -0.0737. The minimum absolute atomic E-state index is 0.0191. The maximum Gasteiger partial charge on any atom is 0.230 e. The predicted octanol–water partition coefficient (Wildman–Crippen LogP) is 4.99. The van der Waals surface area contributed by atoms with Crippen LogP contribution in [0.5, 0.6) is 0 Å². The summed E-state index contributed by atoms with van der Waals surface area (Å²) in [5.74, 6) is 1.18. The lowest BCUT2D eigenvalue weighted by Crippen LogP contribution is -2.28. The van der Waals surface area contributed by atoms with E-state index >= 15 is 0 Å². The molecular formula is C27H29N5OS. The number of thioether (sulfide) groups is 1. The van der Waals surface area contributed by atoms with E-state index in [4.69, 9.17) is 0 Å². The van der Waals surface area contributed by atoms with Gasteiger partial charge >= 0.3 is 0 Å². The van der Waals surface area contributed by atoms with Gasteiger partial charge in [0, 0.05) is 5.69 Å². The first-order chi connectivity index (χ1) is 16.7. The Labute approximate surface area is 204 Å². The molecule has 5 rings (SSSR count). The fourth-order valence-corrected chi connectivity index (χ4v) is 5.23.